The van der Waals surface area contributed by atoms with E-state index in [1.54, 1.807) is 41.5 Å². The van der Waals surface area contributed by atoms with Crippen LogP contribution in [-0.4, -0.2) is 35.0 Å². The molecule has 0 aromatic rings. The van der Waals surface area contributed by atoms with E-state index in [9.17, 15) is 14.4 Å². The minimum atomic E-state index is -1.19. The highest BCUT2D eigenvalue weighted by molar-refractivity contribution is 6.08. The maximum absolute atomic E-state index is 13.6. The van der Waals surface area contributed by atoms with Gasteiger partial charge >= 0.3 is 11.9 Å². The molecule has 0 bridgehead atoms. The van der Waals surface area contributed by atoms with Gasteiger partial charge in [0.15, 0.2) is 5.78 Å². The van der Waals surface area contributed by atoms with Crippen LogP contribution in [0.25, 0.3) is 0 Å². The van der Waals surface area contributed by atoms with Crippen LogP contribution in [0.5, 0.6) is 0 Å². The molecule has 1 fully saturated rings. The first-order valence-corrected chi connectivity index (χ1v) is 12.5. The summed E-state index contributed by atoms with van der Waals surface area (Å²) < 4.78 is 17.7. The highest BCUT2D eigenvalue weighted by Gasteiger charge is 2.50. The molecule has 0 aromatic carbocycles. The minimum Gasteiger partial charge on any atom is -0.459 e. The van der Waals surface area contributed by atoms with E-state index in [2.05, 4.69) is 5.32 Å². The van der Waals surface area contributed by atoms with Crippen LogP contribution in [-0.2, 0) is 28.6 Å². The van der Waals surface area contributed by atoms with Gasteiger partial charge in [0.1, 0.15) is 28.5 Å². The van der Waals surface area contributed by atoms with E-state index in [-0.39, 0.29) is 40.7 Å². The number of esters is 2. The third-order valence-corrected chi connectivity index (χ3v) is 6.13. The predicted molar refractivity (Wildman–Crippen MR) is 128 cm³/mol. The molecule has 1 atom stereocenters. The lowest BCUT2D eigenvalue weighted by atomic mass is 9.71. The second-order valence-corrected chi connectivity index (χ2v) is 12.6. The summed E-state index contributed by atoms with van der Waals surface area (Å²) in [5.41, 5.74) is -1.63. The van der Waals surface area contributed by atoms with Crippen LogP contribution >= 0.6 is 0 Å². The molecule has 2 aliphatic carbocycles. The lowest BCUT2D eigenvalue weighted by molar-refractivity contribution is -0.162. The molecular weight excluding hydrogens is 434 g/mol. The van der Waals surface area contributed by atoms with Crippen molar-refractivity contribution in [1.82, 2.24) is 5.32 Å². The standard InChI is InChI=1S/C27H41NO6/c1-25(2,3)33-23(30)20-19-17(29)14-27(7,8)15-18(19)32-22(28-16-12-10-9-11-13-16)21(20)24(31)34-26(4,5)6/h16,20,28H,9-15H2,1-8H3. The van der Waals surface area contributed by atoms with E-state index in [1.165, 1.54) is 6.42 Å². The summed E-state index contributed by atoms with van der Waals surface area (Å²) >= 11 is 0. The molecule has 7 nitrogen and oxygen atoms in total. The summed E-state index contributed by atoms with van der Waals surface area (Å²) in [7, 11) is 0. The minimum absolute atomic E-state index is 0.0292. The average Bonchev–Trinajstić information content (AvgIpc) is 2.63. The van der Waals surface area contributed by atoms with Gasteiger partial charge in [-0.3, -0.25) is 9.59 Å². The second kappa shape index (κ2) is 9.38. The molecular formula is C27H41NO6. The number of ether oxygens (including phenoxy) is 3. The quantitative estimate of drug-likeness (QED) is 0.566. The van der Waals surface area contributed by atoms with Gasteiger partial charge in [-0.15, -0.1) is 0 Å². The van der Waals surface area contributed by atoms with Crippen molar-refractivity contribution < 1.29 is 28.6 Å². The molecule has 1 saturated carbocycles. The molecule has 0 amide bonds. The lowest BCUT2D eigenvalue weighted by Crippen LogP contribution is -2.44. The molecule has 0 radical (unpaired) electrons. The third kappa shape index (κ3) is 6.42. The molecule has 1 unspecified atom stereocenters. The average molecular weight is 476 g/mol. The largest absolute Gasteiger partial charge is 0.459 e. The summed E-state index contributed by atoms with van der Waals surface area (Å²) in [6, 6.07) is 0.120. The number of hydrogen-bond donors (Lipinski definition) is 1. The fourth-order valence-electron chi connectivity index (χ4n) is 4.82. The smallest absolute Gasteiger partial charge is 0.341 e. The van der Waals surface area contributed by atoms with Crippen LogP contribution in [0.4, 0.5) is 0 Å². The molecule has 1 N–H and O–H groups in total. The van der Waals surface area contributed by atoms with Crippen molar-refractivity contribution in [2.75, 3.05) is 0 Å². The van der Waals surface area contributed by atoms with Gasteiger partial charge in [-0.05, 0) is 59.8 Å². The fourth-order valence-corrected chi connectivity index (χ4v) is 4.82. The van der Waals surface area contributed by atoms with Crippen LogP contribution in [0.1, 0.15) is 100 Å². The van der Waals surface area contributed by atoms with Crippen molar-refractivity contribution in [3.05, 3.63) is 22.8 Å². The number of carbonyl (C=O) groups excluding carboxylic acids is 3. The molecule has 1 heterocycles. The Kier molecular flexibility index (Phi) is 7.26. The highest BCUT2D eigenvalue weighted by Crippen LogP contribution is 2.46. The Morgan fingerprint density at radius 2 is 1.53 bits per heavy atom. The molecule has 0 spiro atoms. The van der Waals surface area contributed by atoms with Crippen molar-refractivity contribution in [2.45, 2.75) is 118 Å². The highest BCUT2D eigenvalue weighted by atomic mass is 16.6. The molecule has 190 valence electrons. The Morgan fingerprint density at radius 3 is 2.09 bits per heavy atom. The van der Waals surface area contributed by atoms with E-state index in [1.807, 2.05) is 13.8 Å². The summed E-state index contributed by atoms with van der Waals surface area (Å²) in [6.45, 7) is 14.6. The first-order chi connectivity index (χ1) is 15.6. The molecule has 3 aliphatic rings. The van der Waals surface area contributed by atoms with Crippen LogP contribution < -0.4 is 5.32 Å². The van der Waals surface area contributed by atoms with Crippen molar-refractivity contribution >= 4 is 17.7 Å². The van der Waals surface area contributed by atoms with Gasteiger partial charge in [0.25, 0.3) is 0 Å². The fraction of sp³-hybridized carbons (Fsp3) is 0.741. The van der Waals surface area contributed by atoms with Crippen molar-refractivity contribution in [1.29, 1.82) is 0 Å². The normalized spacial score (nSPS) is 23.8. The Morgan fingerprint density at radius 1 is 0.941 bits per heavy atom. The van der Waals surface area contributed by atoms with Gasteiger partial charge in [-0.2, -0.15) is 0 Å². The zero-order chi connectivity index (χ0) is 25.5. The van der Waals surface area contributed by atoms with Crippen LogP contribution in [0.3, 0.4) is 0 Å². The van der Waals surface area contributed by atoms with E-state index < -0.39 is 29.1 Å². The molecule has 0 aromatic heterocycles. The first-order valence-electron chi connectivity index (χ1n) is 12.5. The van der Waals surface area contributed by atoms with Crippen LogP contribution in [0, 0.1) is 11.3 Å². The van der Waals surface area contributed by atoms with Gasteiger partial charge in [0, 0.05) is 18.9 Å². The zero-order valence-electron chi connectivity index (χ0n) is 22.1. The second-order valence-electron chi connectivity index (χ2n) is 12.6. The summed E-state index contributed by atoms with van der Waals surface area (Å²) in [5, 5.41) is 3.40. The third-order valence-electron chi connectivity index (χ3n) is 6.13. The number of allylic oxidation sites excluding steroid dienone is 1. The molecule has 0 saturated heterocycles. The molecule has 3 rings (SSSR count). The van der Waals surface area contributed by atoms with Crippen molar-refractivity contribution in [3.8, 4) is 0 Å². The van der Waals surface area contributed by atoms with E-state index in [4.69, 9.17) is 14.2 Å². The van der Waals surface area contributed by atoms with Gasteiger partial charge in [0.05, 0.1) is 5.57 Å². The van der Waals surface area contributed by atoms with Gasteiger partial charge in [-0.25, -0.2) is 4.79 Å². The zero-order valence-corrected chi connectivity index (χ0v) is 22.1. The summed E-state index contributed by atoms with van der Waals surface area (Å²) in [4.78, 5) is 40.4. The first kappa shape index (κ1) is 26.3. The predicted octanol–water partition coefficient (Wildman–Crippen LogP) is 5.09. The van der Waals surface area contributed by atoms with Crippen molar-refractivity contribution in [2.24, 2.45) is 11.3 Å². The molecule has 34 heavy (non-hydrogen) atoms. The topological polar surface area (TPSA) is 90.9 Å². The van der Waals surface area contributed by atoms with E-state index >= 15 is 0 Å². The lowest BCUT2D eigenvalue weighted by Gasteiger charge is -2.39. The summed E-state index contributed by atoms with van der Waals surface area (Å²) in [6.07, 6.45) is 5.99. The van der Waals surface area contributed by atoms with E-state index in [0.717, 1.165) is 25.7 Å². The number of nitrogens with one attached hydrogen (secondary N) is 1. The maximum atomic E-state index is 13.6. The van der Waals surface area contributed by atoms with Gasteiger partial charge < -0.3 is 19.5 Å². The molecule has 1 aliphatic heterocycles. The number of rotatable bonds is 4. The Hall–Kier alpha value is -2.31. The van der Waals surface area contributed by atoms with Crippen LogP contribution in [0.15, 0.2) is 22.8 Å². The Labute approximate surface area is 203 Å². The summed E-state index contributed by atoms with van der Waals surface area (Å²) in [5.74, 6) is -2.03. The number of carbonyl (C=O) groups is 3. The maximum Gasteiger partial charge on any atom is 0.341 e. The van der Waals surface area contributed by atoms with E-state index in [0.29, 0.717) is 12.2 Å². The SMILES string of the molecule is CC1(C)CC(=O)C2=C(C1)OC(NC1CCCCC1)=C(C(=O)OC(C)(C)C)C2C(=O)OC(C)(C)C. The van der Waals surface area contributed by atoms with Crippen LogP contribution in [0.2, 0.25) is 0 Å². The number of hydrogen-bond acceptors (Lipinski definition) is 7. The van der Waals surface area contributed by atoms with Crippen molar-refractivity contribution in [3.63, 3.8) is 0 Å². The van der Waals surface area contributed by atoms with Gasteiger partial charge in [-0.1, -0.05) is 33.1 Å². The number of Topliss-reactive ketones (excluding diaryl/α,β-unsaturated/α-hetero) is 1. The number of ketones is 1. The Balaban J connectivity index is 2.13. The monoisotopic (exact) mass is 475 g/mol. The van der Waals surface area contributed by atoms with Gasteiger partial charge in [0.2, 0.25) is 5.88 Å². The molecule has 7 heteroatoms. The Bertz CT molecular complexity index is 906.